The van der Waals surface area contributed by atoms with Gasteiger partial charge in [0.25, 0.3) is 5.91 Å². The van der Waals surface area contributed by atoms with E-state index in [4.69, 9.17) is 0 Å². The molecular weight excluding hydrogens is 402 g/mol. The summed E-state index contributed by atoms with van der Waals surface area (Å²) < 4.78 is 2.47. The second-order valence-electron chi connectivity index (χ2n) is 8.99. The molecule has 2 aliphatic heterocycles. The molecule has 3 aromatic rings. The fourth-order valence-corrected chi connectivity index (χ4v) is 5.41. The molecule has 0 saturated carbocycles. The van der Waals surface area contributed by atoms with E-state index in [1.807, 2.05) is 11.0 Å². The largest absolute Gasteiger partial charge is 0.340 e. The summed E-state index contributed by atoms with van der Waals surface area (Å²) in [7, 11) is 0. The number of carbonyl (C=O) groups excluding carboxylic acids is 1. The van der Waals surface area contributed by atoms with Crippen LogP contribution in [0, 0.1) is 5.92 Å². The zero-order valence-corrected chi connectivity index (χ0v) is 19.3. The number of carbonyl (C=O) groups is 1. The van der Waals surface area contributed by atoms with Crippen LogP contribution in [0.5, 0.6) is 0 Å². The van der Waals surface area contributed by atoms with Gasteiger partial charge in [-0.25, -0.2) is 0 Å². The second kappa shape index (κ2) is 8.71. The van der Waals surface area contributed by atoms with Crippen molar-refractivity contribution in [3.05, 3.63) is 64.8 Å². The van der Waals surface area contributed by atoms with E-state index < -0.39 is 0 Å². The van der Waals surface area contributed by atoms with Gasteiger partial charge in [0.05, 0.1) is 0 Å². The Labute approximate surface area is 189 Å². The fourth-order valence-electron chi connectivity index (χ4n) is 5.00. The molecule has 1 amide bonds. The molecule has 2 aliphatic rings. The van der Waals surface area contributed by atoms with Crippen molar-refractivity contribution in [1.82, 2.24) is 14.8 Å². The number of rotatable bonds is 4. The van der Waals surface area contributed by atoms with Crippen molar-refractivity contribution in [2.45, 2.75) is 44.2 Å². The Bertz CT molecular complexity index is 1090. The zero-order chi connectivity index (χ0) is 21.4. The topological polar surface area (TPSA) is 37.3 Å². The van der Waals surface area contributed by atoms with Crippen molar-refractivity contribution in [1.29, 1.82) is 0 Å². The molecule has 1 N–H and O–H groups in total. The molecule has 1 saturated heterocycles. The van der Waals surface area contributed by atoms with Crippen molar-refractivity contribution >= 4 is 28.6 Å². The van der Waals surface area contributed by atoms with Crippen molar-refractivity contribution in [3.63, 3.8) is 0 Å². The standard InChI is InChI=1S/C26H31N3OS/c1-18-10-13-28(14-11-18)26(30)20-5-8-24-22(15-20)23-16-27-12-9-25(23)29(24)17-19-3-6-21(31-2)7-4-19/h3-8,15,18,27H,9-14,16-17H2,1-2H3. The van der Waals surface area contributed by atoms with Crippen LogP contribution in [0.2, 0.25) is 0 Å². The van der Waals surface area contributed by atoms with Crippen molar-refractivity contribution in [2.24, 2.45) is 5.92 Å². The Morgan fingerprint density at radius 3 is 2.65 bits per heavy atom. The number of fused-ring (bicyclic) bond motifs is 3. The van der Waals surface area contributed by atoms with E-state index in [1.165, 1.54) is 32.6 Å². The van der Waals surface area contributed by atoms with E-state index in [0.29, 0.717) is 0 Å². The van der Waals surface area contributed by atoms with Crippen molar-refractivity contribution in [2.75, 3.05) is 25.9 Å². The summed E-state index contributed by atoms with van der Waals surface area (Å²) in [5.41, 5.74) is 6.17. The molecule has 0 radical (unpaired) electrons. The van der Waals surface area contributed by atoms with Crippen LogP contribution < -0.4 is 5.32 Å². The first-order valence-corrected chi connectivity index (χ1v) is 12.6. The lowest BCUT2D eigenvalue weighted by molar-refractivity contribution is 0.0697. The van der Waals surface area contributed by atoms with Crippen molar-refractivity contribution in [3.8, 4) is 0 Å². The number of hydrogen-bond donors (Lipinski definition) is 1. The number of nitrogens with one attached hydrogen (secondary N) is 1. The van der Waals surface area contributed by atoms with Gasteiger partial charge in [0.15, 0.2) is 0 Å². The Hall–Kier alpha value is -2.24. The molecule has 5 rings (SSSR count). The lowest BCUT2D eigenvalue weighted by Crippen LogP contribution is -2.37. The third kappa shape index (κ3) is 4.01. The van der Waals surface area contributed by atoms with E-state index in [2.05, 4.69) is 59.5 Å². The molecule has 0 aliphatic carbocycles. The average Bonchev–Trinajstić information content (AvgIpc) is 3.13. The summed E-state index contributed by atoms with van der Waals surface area (Å²) in [5.74, 6) is 0.912. The third-order valence-corrected chi connectivity index (χ3v) is 7.69. The summed E-state index contributed by atoms with van der Waals surface area (Å²) in [6, 6.07) is 15.2. The van der Waals surface area contributed by atoms with Crippen LogP contribution in [0.15, 0.2) is 47.4 Å². The van der Waals surface area contributed by atoms with E-state index in [9.17, 15) is 4.79 Å². The van der Waals surface area contributed by atoms with Crippen LogP contribution in [-0.4, -0.2) is 41.3 Å². The van der Waals surface area contributed by atoms with Crippen LogP contribution in [0.4, 0.5) is 0 Å². The molecule has 162 valence electrons. The number of aromatic nitrogens is 1. The van der Waals surface area contributed by atoms with Gasteiger partial charge in [-0.15, -0.1) is 11.8 Å². The minimum absolute atomic E-state index is 0.187. The maximum absolute atomic E-state index is 13.2. The first-order chi connectivity index (χ1) is 15.1. The molecule has 0 unspecified atom stereocenters. The van der Waals surface area contributed by atoms with Gasteiger partial charge in [0, 0.05) is 66.2 Å². The summed E-state index contributed by atoms with van der Waals surface area (Å²) in [4.78, 5) is 16.5. The third-order valence-electron chi connectivity index (χ3n) is 6.94. The van der Waals surface area contributed by atoms with Crippen LogP contribution in [-0.2, 0) is 19.5 Å². The number of thioether (sulfide) groups is 1. The first kappa shape index (κ1) is 20.7. The number of likely N-dealkylation sites (tertiary alicyclic amines) is 1. The molecular formula is C26H31N3OS. The monoisotopic (exact) mass is 433 g/mol. The summed E-state index contributed by atoms with van der Waals surface area (Å²) >= 11 is 1.78. The molecule has 0 atom stereocenters. The summed E-state index contributed by atoms with van der Waals surface area (Å²) in [5, 5.41) is 4.77. The van der Waals surface area contributed by atoms with Gasteiger partial charge >= 0.3 is 0 Å². The van der Waals surface area contributed by atoms with Gasteiger partial charge in [-0.1, -0.05) is 19.1 Å². The molecule has 3 heterocycles. The quantitative estimate of drug-likeness (QED) is 0.593. The van der Waals surface area contributed by atoms with E-state index >= 15 is 0 Å². The molecule has 5 heteroatoms. The number of amides is 1. The Morgan fingerprint density at radius 2 is 1.90 bits per heavy atom. The predicted molar refractivity (Wildman–Crippen MR) is 129 cm³/mol. The highest BCUT2D eigenvalue weighted by Gasteiger charge is 2.24. The Balaban J connectivity index is 1.50. The number of piperidine rings is 1. The molecule has 31 heavy (non-hydrogen) atoms. The highest BCUT2D eigenvalue weighted by Crippen LogP contribution is 2.31. The number of benzene rings is 2. The summed E-state index contributed by atoms with van der Waals surface area (Å²) in [6.07, 6.45) is 5.36. The van der Waals surface area contributed by atoms with Crippen LogP contribution in [0.1, 0.15) is 46.9 Å². The molecule has 2 aromatic carbocycles. The average molecular weight is 434 g/mol. The molecule has 0 bridgehead atoms. The second-order valence-corrected chi connectivity index (χ2v) is 9.87. The maximum Gasteiger partial charge on any atom is 0.253 e. The number of hydrogen-bond acceptors (Lipinski definition) is 3. The minimum atomic E-state index is 0.187. The molecule has 1 fully saturated rings. The van der Waals surface area contributed by atoms with E-state index in [0.717, 1.165) is 63.5 Å². The normalized spacial score (nSPS) is 17.2. The Kier molecular flexibility index (Phi) is 5.81. The predicted octanol–water partition coefficient (Wildman–Crippen LogP) is 4.93. The van der Waals surface area contributed by atoms with Gasteiger partial charge in [0.2, 0.25) is 0 Å². The van der Waals surface area contributed by atoms with Crippen molar-refractivity contribution < 1.29 is 4.79 Å². The van der Waals surface area contributed by atoms with Crippen LogP contribution >= 0.6 is 11.8 Å². The molecule has 1 aromatic heterocycles. The lowest BCUT2D eigenvalue weighted by atomic mass is 9.98. The smallest absolute Gasteiger partial charge is 0.253 e. The van der Waals surface area contributed by atoms with Gasteiger partial charge in [-0.2, -0.15) is 0 Å². The highest BCUT2D eigenvalue weighted by molar-refractivity contribution is 7.98. The minimum Gasteiger partial charge on any atom is -0.340 e. The zero-order valence-electron chi connectivity index (χ0n) is 18.5. The molecule has 0 spiro atoms. The first-order valence-electron chi connectivity index (χ1n) is 11.4. The molecule has 4 nitrogen and oxygen atoms in total. The van der Waals surface area contributed by atoms with Gasteiger partial charge in [0.1, 0.15) is 0 Å². The maximum atomic E-state index is 13.2. The van der Waals surface area contributed by atoms with Gasteiger partial charge in [-0.05, 0) is 66.5 Å². The Morgan fingerprint density at radius 1 is 1.13 bits per heavy atom. The summed E-state index contributed by atoms with van der Waals surface area (Å²) in [6.45, 7) is 6.80. The van der Waals surface area contributed by atoms with Crippen LogP contribution in [0.3, 0.4) is 0 Å². The van der Waals surface area contributed by atoms with Crippen LogP contribution in [0.25, 0.3) is 10.9 Å². The van der Waals surface area contributed by atoms with Gasteiger partial charge < -0.3 is 14.8 Å². The van der Waals surface area contributed by atoms with Gasteiger partial charge in [-0.3, -0.25) is 4.79 Å². The fraction of sp³-hybridized carbons (Fsp3) is 0.423. The highest BCUT2D eigenvalue weighted by atomic mass is 32.2. The SMILES string of the molecule is CSc1ccc(Cn2c3c(c4cc(C(=O)N5CCC(C)CC5)ccc42)CNCC3)cc1. The van der Waals surface area contributed by atoms with E-state index in [-0.39, 0.29) is 5.91 Å². The number of nitrogens with zero attached hydrogens (tertiary/aromatic N) is 2. The van der Waals surface area contributed by atoms with E-state index in [1.54, 1.807) is 11.8 Å². The lowest BCUT2D eigenvalue weighted by Gasteiger charge is -2.30.